The predicted octanol–water partition coefficient (Wildman–Crippen LogP) is 1.79. The molecule has 56 valence electrons. The molecule has 0 amide bonds. The maximum absolute atomic E-state index is 11.2. The largest absolute Gasteiger partial charge is 0.366 e. The first-order valence-electron chi connectivity index (χ1n) is 3.06. The summed E-state index contributed by atoms with van der Waals surface area (Å²) in [5.74, 6) is 0. The average Bonchev–Trinajstić information content (AvgIpc) is 2.30. The SMILES string of the molecule is O=c1c2ccccc2on1I. The zero-order valence-corrected chi connectivity index (χ0v) is 7.61. The molecular formula is C7H4INO2. The summed E-state index contributed by atoms with van der Waals surface area (Å²) in [5.41, 5.74) is 0.535. The number of fused-ring (bicyclic) bond motifs is 1. The predicted molar refractivity (Wildman–Crippen MR) is 49.9 cm³/mol. The lowest BCUT2D eigenvalue weighted by molar-refractivity contribution is 0.433. The summed E-state index contributed by atoms with van der Waals surface area (Å²) in [7, 11) is 0. The molecule has 0 N–H and O–H groups in total. The van der Waals surface area contributed by atoms with Crippen molar-refractivity contribution in [1.29, 1.82) is 0 Å². The third-order valence-electron chi connectivity index (χ3n) is 1.46. The van der Waals surface area contributed by atoms with Crippen LogP contribution in [0.4, 0.5) is 0 Å². The second kappa shape index (κ2) is 2.37. The van der Waals surface area contributed by atoms with Crippen molar-refractivity contribution in [2.45, 2.75) is 0 Å². The van der Waals surface area contributed by atoms with Crippen molar-refractivity contribution in [2.24, 2.45) is 0 Å². The molecule has 1 aromatic carbocycles. The lowest BCUT2D eigenvalue weighted by atomic mass is 10.3. The molecule has 0 unspecified atom stereocenters. The summed E-state index contributed by atoms with van der Waals surface area (Å²) >= 11 is 1.81. The minimum Gasteiger partial charge on any atom is -0.366 e. The number of hydrogen-bond acceptors (Lipinski definition) is 2. The van der Waals surface area contributed by atoms with E-state index in [-0.39, 0.29) is 5.56 Å². The van der Waals surface area contributed by atoms with Gasteiger partial charge in [-0.3, -0.25) is 4.79 Å². The third-order valence-corrected chi connectivity index (χ3v) is 2.09. The van der Waals surface area contributed by atoms with Gasteiger partial charge in [-0.05, 0) is 12.1 Å². The fourth-order valence-corrected chi connectivity index (χ4v) is 1.42. The summed E-state index contributed by atoms with van der Waals surface area (Å²) < 4.78 is 6.29. The second-order valence-corrected chi connectivity index (χ2v) is 3.01. The average molecular weight is 261 g/mol. The summed E-state index contributed by atoms with van der Waals surface area (Å²) in [6, 6.07) is 7.17. The fraction of sp³-hybridized carbons (Fsp3) is 0. The molecule has 0 fully saturated rings. The monoisotopic (exact) mass is 261 g/mol. The van der Waals surface area contributed by atoms with E-state index in [9.17, 15) is 4.79 Å². The van der Waals surface area contributed by atoms with E-state index < -0.39 is 0 Å². The van der Waals surface area contributed by atoms with Gasteiger partial charge in [-0.15, -0.1) is 2.95 Å². The van der Waals surface area contributed by atoms with Crippen LogP contribution in [0.25, 0.3) is 11.0 Å². The van der Waals surface area contributed by atoms with Crippen molar-refractivity contribution in [3.05, 3.63) is 34.6 Å². The van der Waals surface area contributed by atoms with Gasteiger partial charge in [-0.25, -0.2) is 0 Å². The Morgan fingerprint density at radius 3 is 2.82 bits per heavy atom. The van der Waals surface area contributed by atoms with Crippen LogP contribution in [0.2, 0.25) is 0 Å². The van der Waals surface area contributed by atoms with E-state index in [1.165, 1.54) is 2.95 Å². The van der Waals surface area contributed by atoms with Gasteiger partial charge in [-0.2, -0.15) is 0 Å². The van der Waals surface area contributed by atoms with Crippen molar-refractivity contribution >= 4 is 33.8 Å². The van der Waals surface area contributed by atoms with Crippen LogP contribution in [0, 0.1) is 0 Å². The Bertz CT molecular complexity index is 443. The van der Waals surface area contributed by atoms with Gasteiger partial charge in [-0.1, -0.05) is 12.1 Å². The van der Waals surface area contributed by atoms with Crippen LogP contribution < -0.4 is 5.56 Å². The van der Waals surface area contributed by atoms with Gasteiger partial charge in [0.2, 0.25) is 0 Å². The Balaban J connectivity index is 3.04. The summed E-state index contributed by atoms with van der Waals surface area (Å²) in [6.45, 7) is 0. The molecule has 0 saturated carbocycles. The van der Waals surface area contributed by atoms with E-state index in [1.807, 2.05) is 35.0 Å². The van der Waals surface area contributed by atoms with E-state index in [4.69, 9.17) is 4.52 Å². The molecular weight excluding hydrogens is 257 g/mol. The Morgan fingerprint density at radius 1 is 1.36 bits per heavy atom. The number of halogens is 1. The van der Waals surface area contributed by atoms with Crippen LogP contribution >= 0.6 is 22.9 Å². The normalized spacial score (nSPS) is 10.6. The Kier molecular flexibility index (Phi) is 1.49. The molecule has 0 spiro atoms. The van der Waals surface area contributed by atoms with E-state index in [0.29, 0.717) is 11.0 Å². The van der Waals surface area contributed by atoms with Crippen LogP contribution in [-0.2, 0) is 0 Å². The Labute approximate surface area is 76.1 Å². The first kappa shape index (κ1) is 6.90. The summed E-state index contributed by atoms with van der Waals surface area (Å²) in [6.07, 6.45) is 0. The number of rotatable bonds is 0. The highest BCUT2D eigenvalue weighted by molar-refractivity contribution is 14.1. The van der Waals surface area contributed by atoms with Crippen LogP contribution in [0.15, 0.2) is 33.6 Å². The molecule has 2 rings (SSSR count). The fourth-order valence-electron chi connectivity index (χ4n) is 0.945. The molecule has 1 heterocycles. The number of benzene rings is 1. The molecule has 3 nitrogen and oxygen atoms in total. The third kappa shape index (κ3) is 0.973. The minimum atomic E-state index is -0.0961. The van der Waals surface area contributed by atoms with Gasteiger partial charge >= 0.3 is 0 Å². The van der Waals surface area contributed by atoms with E-state index in [0.717, 1.165) is 0 Å². The first-order chi connectivity index (χ1) is 5.29. The van der Waals surface area contributed by atoms with Gasteiger partial charge in [0.15, 0.2) is 5.58 Å². The van der Waals surface area contributed by atoms with Gasteiger partial charge in [0, 0.05) is 0 Å². The number of nitrogens with zero attached hydrogens (tertiary/aromatic N) is 1. The van der Waals surface area contributed by atoms with Crippen molar-refractivity contribution < 1.29 is 4.52 Å². The number of hydrogen-bond donors (Lipinski definition) is 0. The van der Waals surface area contributed by atoms with Crippen LogP contribution in [0.5, 0.6) is 0 Å². The molecule has 0 saturated heterocycles. The molecule has 0 atom stereocenters. The van der Waals surface area contributed by atoms with Crippen LogP contribution in [0.1, 0.15) is 0 Å². The number of aromatic nitrogens is 1. The zero-order valence-electron chi connectivity index (χ0n) is 5.45. The van der Waals surface area contributed by atoms with Gasteiger partial charge in [0.1, 0.15) is 22.9 Å². The first-order valence-corrected chi connectivity index (χ1v) is 4.03. The van der Waals surface area contributed by atoms with Crippen molar-refractivity contribution in [1.82, 2.24) is 2.95 Å². The van der Waals surface area contributed by atoms with E-state index in [1.54, 1.807) is 12.1 Å². The molecule has 0 aliphatic rings. The molecule has 0 aliphatic heterocycles. The smallest absolute Gasteiger partial charge is 0.299 e. The summed E-state index contributed by atoms with van der Waals surface area (Å²) in [5, 5.41) is 0.627. The van der Waals surface area contributed by atoms with Gasteiger partial charge < -0.3 is 4.52 Å². The minimum absolute atomic E-state index is 0.0961. The van der Waals surface area contributed by atoms with E-state index >= 15 is 0 Å². The second-order valence-electron chi connectivity index (χ2n) is 2.14. The highest BCUT2D eigenvalue weighted by atomic mass is 127. The molecule has 0 aliphatic carbocycles. The lowest BCUT2D eigenvalue weighted by Gasteiger charge is -1.79. The Hall–Kier alpha value is -0.780. The quantitative estimate of drug-likeness (QED) is 0.677. The summed E-state index contributed by atoms with van der Waals surface area (Å²) in [4.78, 5) is 11.2. The van der Waals surface area contributed by atoms with Crippen LogP contribution in [0.3, 0.4) is 0 Å². The van der Waals surface area contributed by atoms with E-state index in [2.05, 4.69) is 0 Å². The van der Waals surface area contributed by atoms with Gasteiger partial charge in [0.05, 0.1) is 5.39 Å². The van der Waals surface area contributed by atoms with Gasteiger partial charge in [0.25, 0.3) is 5.56 Å². The molecule has 4 heteroatoms. The lowest BCUT2D eigenvalue weighted by Crippen LogP contribution is -2.03. The van der Waals surface area contributed by atoms with Crippen LogP contribution in [-0.4, -0.2) is 2.95 Å². The van der Waals surface area contributed by atoms with Crippen molar-refractivity contribution in [2.75, 3.05) is 0 Å². The Morgan fingerprint density at radius 2 is 2.09 bits per heavy atom. The van der Waals surface area contributed by atoms with Crippen molar-refractivity contribution in [3.63, 3.8) is 0 Å². The highest BCUT2D eigenvalue weighted by Gasteiger charge is 2.04. The van der Waals surface area contributed by atoms with Crippen molar-refractivity contribution in [3.8, 4) is 0 Å². The maximum atomic E-state index is 11.2. The molecule has 11 heavy (non-hydrogen) atoms. The maximum Gasteiger partial charge on any atom is 0.299 e. The molecule has 0 radical (unpaired) electrons. The molecule has 1 aromatic heterocycles. The molecule has 0 bridgehead atoms. The number of para-hydroxylation sites is 1. The highest BCUT2D eigenvalue weighted by Crippen LogP contribution is 2.10. The topological polar surface area (TPSA) is 35.1 Å². The zero-order chi connectivity index (χ0) is 7.84. The molecule has 2 aromatic rings. The standard InChI is InChI=1S/C7H4INO2/c8-9-7(10)5-3-1-2-4-6(5)11-9/h1-4H.